The summed E-state index contributed by atoms with van der Waals surface area (Å²) in [5.41, 5.74) is 0.710. The summed E-state index contributed by atoms with van der Waals surface area (Å²) in [4.78, 5) is 12.6. The van der Waals surface area contributed by atoms with Crippen LogP contribution in [0.1, 0.15) is 18.4 Å². The molecule has 0 saturated heterocycles. The van der Waals surface area contributed by atoms with E-state index < -0.39 is 15.4 Å². The molecule has 1 fully saturated rings. The van der Waals surface area contributed by atoms with E-state index in [1.165, 1.54) is 19.2 Å². The minimum absolute atomic E-state index is 0.133. The quantitative estimate of drug-likeness (QED) is 0.770. The fourth-order valence-electron chi connectivity index (χ4n) is 2.79. The minimum atomic E-state index is -3.96. The molecule has 3 N–H and O–H groups in total. The molecule has 6 nitrogen and oxygen atoms in total. The van der Waals surface area contributed by atoms with Crippen molar-refractivity contribution in [3.63, 3.8) is 0 Å². The summed E-state index contributed by atoms with van der Waals surface area (Å²) in [7, 11) is -2.61. The van der Waals surface area contributed by atoms with E-state index >= 15 is 0 Å². The fraction of sp³-hybridized carbons (Fsp3) is 0.235. The highest BCUT2D eigenvalue weighted by Gasteiger charge is 2.51. The maximum Gasteiger partial charge on any atom is 0.241 e. The summed E-state index contributed by atoms with van der Waals surface area (Å²) in [6.45, 7) is 0. The van der Waals surface area contributed by atoms with Crippen LogP contribution < -0.4 is 15.2 Å². The molecular formula is C17H17BrN2O4S. The number of nitrogens with two attached hydrogens (primary N) is 1. The van der Waals surface area contributed by atoms with Gasteiger partial charge in [-0.25, -0.2) is 13.6 Å². The first-order valence-corrected chi connectivity index (χ1v) is 9.88. The Kier molecular flexibility index (Phi) is 4.61. The van der Waals surface area contributed by atoms with Crippen molar-refractivity contribution in [2.24, 2.45) is 5.14 Å². The highest BCUT2D eigenvalue weighted by molar-refractivity contribution is 9.10. The minimum Gasteiger partial charge on any atom is -0.495 e. The van der Waals surface area contributed by atoms with Crippen molar-refractivity contribution in [1.82, 2.24) is 0 Å². The van der Waals surface area contributed by atoms with E-state index in [-0.39, 0.29) is 16.6 Å². The van der Waals surface area contributed by atoms with Crippen molar-refractivity contribution in [2.45, 2.75) is 23.2 Å². The van der Waals surface area contributed by atoms with Crippen LogP contribution in [-0.2, 0) is 20.2 Å². The number of hydrogen-bond acceptors (Lipinski definition) is 4. The number of halogens is 1. The molecule has 0 spiro atoms. The number of methoxy groups -OCH3 is 1. The normalized spacial score (nSPS) is 15.5. The van der Waals surface area contributed by atoms with E-state index in [0.717, 1.165) is 22.9 Å². The number of hydrogen-bond donors (Lipinski definition) is 2. The van der Waals surface area contributed by atoms with Crippen molar-refractivity contribution in [3.05, 3.63) is 52.5 Å². The van der Waals surface area contributed by atoms with Crippen LogP contribution in [0.15, 0.2) is 51.8 Å². The highest BCUT2D eigenvalue weighted by Crippen LogP contribution is 2.49. The molecule has 0 aliphatic heterocycles. The number of anilines is 1. The second kappa shape index (κ2) is 6.44. The molecule has 0 radical (unpaired) electrons. The molecule has 25 heavy (non-hydrogen) atoms. The zero-order valence-electron chi connectivity index (χ0n) is 13.5. The number of benzene rings is 2. The number of rotatable bonds is 5. The van der Waals surface area contributed by atoms with Crippen molar-refractivity contribution in [1.29, 1.82) is 0 Å². The van der Waals surface area contributed by atoms with E-state index in [4.69, 9.17) is 9.88 Å². The SMILES string of the molecule is COc1ccc(NC(=O)C2(c3cccc(Br)c3)CC2)cc1S(N)(=O)=O. The summed E-state index contributed by atoms with van der Waals surface area (Å²) in [6, 6.07) is 12.0. The number of sulfonamides is 1. The number of nitrogens with one attached hydrogen (secondary N) is 1. The summed E-state index contributed by atoms with van der Waals surface area (Å²) < 4.78 is 29.3. The van der Waals surface area contributed by atoms with Gasteiger partial charge in [0.1, 0.15) is 10.6 Å². The maximum absolute atomic E-state index is 12.8. The Balaban J connectivity index is 1.89. The lowest BCUT2D eigenvalue weighted by Crippen LogP contribution is -2.28. The second-order valence-electron chi connectivity index (χ2n) is 5.96. The average molecular weight is 425 g/mol. The number of carbonyl (C=O) groups excluding carboxylic acids is 1. The van der Waals surface area contributed by atoms with Gasteiger partial charge in [-0.2, -0.15) is 0 Å². The van der Waals surface area contributed by atoms with E-state index in [9.17, 15) is 13.2 Å². The second-order valence-corrected chi connectivity index (χ2v) is 8.40. The fourth-order valence-corrected chi connectivity index (χ4v) is 3.91. The highest BCUT2D eigenvalue weighted by atomic mass is 79.9. The van der Waals surface area contributed by atoms with Crippen LogP contribution >= 0.6 is 15.9 Å². The van der Waals surface area contributed by atoms with Crippen LogP contribution in [0.2, 0.25) is 0 Å². The van der Waals surface area contributed by atoms with Crippen LogP contribution in [0, 0.1) is 0 Å². The molecule has 0 atom stereocenters. The van der Waals surface area contributed by atoms with E-state index in [0.29, 0.717) is 5.69 Å². The molecule has 0 unspecified atom stereocenters. The van der Waals surface area contributed by atoms with Crippen LogP contribution in [0.4, 0.5) is 5.69 Å². The lowest BCUT2D eigenvalue weighted by molar-refractivity contribution is -0.118. The third-order valence-electron chi connectivity index (χ3n) is 4.29. The molecular weight excluding hydrogens is 408 g/mol. The smallest absolute Gasteiger partial charge is 0.241 e. The third-order valence-corrected chi connectivity index (χ3v) is 5.72. The largest absolute Gasteiger partial charge is 0.495 e. The first kappa shape index (κ1) is 17.9. The zero-order valence-corrected chi connectivity index (χ0v) is 15.9. The van der Waals surface area contributed by atoms with Crippen LogP contribution in [-0.4, -0.2) is 21.4 Å². The van der Waals surface area contributed by atoms with Gasteiger partial charge in [-0.15, -0.1) is 0 Å². The summed E-state index contributed by atoms with van der Waals surface area (Å²) >= 11 is 3.42. The third kappa shape index (κ3) is 3.56. The van der Waals surface area contributed by atoms with E-state index in [1.54, 1.807) is 6.07 Å². The van der Waals surface area contributed by atoms with Crippen molar-refractivity contribution in [3.8, 4) is 5.75 Å². The summed E-state index contributed by atoms with van der Waals surface area (Å²) in [5.74, 6) is -0.0373. The van der Waals surface area contributed by atoms with Crippen LogP contribution in [0.25, 0.3) is 0 Å². The molecule has 2 aromatic carbocycles. The van der Waals surface area contributed by atoms with Gasteiger partial charge >= 0.3 is 0 Å². The van der Waals surface area contributed by atoms with Gasteiger partial charge in [-0.1, -0.05) is 28.1 Å². The lowest BCUT2D eigenvalue weighted by Gasteiger charge is -2.17. The molecule has 0 aromatic heterocycles. The molecule has 132 valence electrons. The van der Waals surface area contributed by atoms with Crippen LogP contribution in [0.3, 0.4) is 0 Å². The van der Waals surface area contributed by atoms with E-state index in [2.05, 4.69) is 21.2 Å². The van der Waals surface area contributed by atoms with Crippen molar-refractivity contribution >= 4 is 37.5 Å². The molecule has 3 rings (SSSR count). The monoisotopic (exact) mass is 424 g/mol. The number of carbonyl (C=O) groups is 1. The predicted molar refractivity (Wildman–Crippen MR) is 98.1 cm³/mol. The Morgan fingerprint density at radius 2 is 1.96 bits per heavy atom. The number of primary sulfonamides is 1. The van der Waals surface area contributed by atoms with Gasteiger partial charge in [-0.05, 0) is 48.7 Å². The summed E-state index contributed by atoms with van der Waals surface area (Å²) in [6.07, 6.45) is 1.49. The Labute approximate surface area is 154 Å². The zero-order chi connectivity index (χ0) is 18.2. The van der Waals surface area contributed by atoms with Gasteiger partial charge in [0.25, 0.3) is 0 Å². The van der Waals surface area contributed by atoms with Crippen molar-refractivity contribution < 1.29 is 17.9 Å². The maximum atomic E-state index is 12.8. The van der Waals surface area contributed by atoms with E-state index in [1.807, 2.05) is 24.3 Å². The molecule has 2 aromatic rings. The summed E-state index contributed by atoms with van der Waals surface area (Å²) in [5, 5.41) is 8.01. The molecule has 8 heteroatoms. The van der Waals surface area contributed by atoms with Gasteiger partial charge in [0.05, 0.1) is 12.5 Å². The molecule has 0 heterocycles. The van der Waals surface area contributed by atoms with Crippen molar-refractivity contribution in [2.75, 3.05) is 12.4 Å². The van der Waals surface area contributed by atoms with Gasteiger partial charge in [0, 0.05) is 10.2 Å². The predicted octanol–water partition coefficient (Wildman–Crippen LogP) is 2.78. The van der Waals surface area contributed by atoms with Gasteiger partial charge < -0.3 is 10.1 Å². The first-order chi connectivity index (χ1) is 11.8. The van der Waals surface area contributed by atoms with Gasteiger partial charge in [0.15, 0.2) is 0 Å². The number of amides is 1. The Morgan fingerprint density at radius 1 is 1.24 bits per heavy atom. The average Bonchev–Trinajstić information content (AvgIpc) is 3.36. The molecule has 1 aliphatic carbocycles. The molecule has 1 saturated carbocycles. The molecule has 0 bridgehead atoms. The number of ether oxygens (including phenoxy) is 1. The standard InChI is InChI=1S/C17H17BrN2O4S/c1-24-14-6-5-13(10-15(14)25(19,22)23)20-16(21)17(7-8-17)11-3-2-4-12(18)9-11/h2-6,9-10H,7-8H2,1H3,(H,20,21)(H2,19,22,23). The molecule has 1 amide bonds. The topological polar surface area (TPSA) is 98.5 Å². The Bertz CT molecular complexity index is 939. The van der Waals surface area contributed by atoms with Crippen LogP contribution in [0.5, 0.6) is 5.75 Å². The van der Waals surface area contributed by atoms with Gasteiger partial charge in [-0.3, -0.25) is 4.79 Å². The Morgan fingerprint density at radius 3 is 2.52 bits per heavy atom. The molecule has 1 aliphatic rings. The first-order valence-electron chi connectivity index (χ1n) is 7.55. The Hall–Kier alpha value is -1.90. The lowest BCUT2D eigenvalue weighted by atomic mass is 9.95. The van der Waals surface area contributed by atoms with Gasteiger partial charge in [0.2, 0.25) is 15.9 Å².